The maximum absolute atomic E-state index is 12.5. The monoisotopic (exact) mass is 325 g/mol. The molecule has 2 heterocycles. The molecule has 132 valence electrons. The van der Waals surface area contributed by atoms with Gasteiger partial charge in [-0.3, -0.25) is 4.90 Å². The van der Waals surface area contributed by atoms with Gasteiger partial charge < -0.3 is 19.7 Å². The first-order valence-electron chi connectivity index (χ1n) is 8.97. The van der Waals surface area contributed by atoms with E-state index in [1.807, 2.05) is 4.90 Å². The van der Waals surface area contributed by atoms with Crippen LogP contribution in [-0.2, 0) is 9.47 Å². The summed E-state index contributed by atoms with van der Waals surface area (Å²) in [5, 5.41) is 3.16. The van der Waals surface area contributed by atoms with E-state index in [0.29, 0.717) is 12.0 Å². The Balaban J connectivity index is 1.48. The zero-order valence-corrected chi connectivity index (χ0v) is 14.6. The van der Waals surface area contributed by atoms with Gasteiger partial charge in [-0.05, 0) is 18.8 Å². The molecule has 0 aromatic rings. The Hall–Kier alpha value is -0.850. The highest BCUT2D eigenvalue weighted by molar-refractivity contribution is 5.74. The molecular formula is C17H31N3O3. The molecule has 0 spiro atoms. The van der Waals surface area contributed by atoms with Gasteiger partial charge in [0.1, 0.15) is 0 Å². The summed E-state index contributed by atoms with van der Waals surface area (Å²) in [6.07, 6.45) is 3.57. The molecule has 1 N–H and O–H groups in total. The Labute approximate surface area is 139 Å². The summed E-state index contributed by atoms with van der Waals surface area (Å²) in [6.45, 7) is 9.04. The molecule has 1 aliphatic carbocycles. The predicted octanol–water partition coefficient (Wildman–Crippen LogP) is 1.17. The second-order valence-corrected chi connectivity index (χ2v) is 7.54. The standard InChI is InChI=1S/C17H31N3O3/c1-14-10-20(11-15(14)19-6-8-23-9-7-19)16(21)18-12-17(13-22-2)4-3-5-17/h14-15H,3-13H2,1-2H3,(H,18,21)/t14-,15-/m1/s1. The van der Waals surface area contributed by atoms with Gasteiger partial charge in [-0.1, -0.05) is 13.3 Å². The van der Waals surface area contributed by atoms with E-state index in [2.05, 4.69) is 17.1 Å². The van der Waals surface area contributed by atoms with Crippen molar-refractivity contribution in [2.24, 2.45) is 11.3 Å². The van der Waals surface area contributed by atoms with Crippen LogP contribution in [0.25, 0.3) is 0 Å². The number of amides is 2. The molecule has 0 radical (unpaired) electrons. The van der Waals surface area contributed by atoms with Gasteiger partial charge in [0.2, 0.25) is 0 Å². The Bertz CT molecular complexity index is 408. The summed E-state index contributed by atoms with van der Waals surface area (Å²) in [5.74, 6) is 0.524. The molecule has 2 amide bonds. The van der Waals surface area contributed by atoms with E-state index in [4.69, 9.17) is 9.47 Å². The molecule has 0 bridgehead atoms. The van der Waals surface area contributed by atoms with Crippen molar-refractivity contribution in [3.05, 3.63) is 0 Å². The number of methoxy groups -OCH3 is 1. The van der Waals surface area contributed by atoms with Crippen molar-refractivity contribution in [1.82, 2.24) is 15.1 Å². The molecule has 2 atom stereocenters. The predicted molar refractivity (Wildman–Crippen MR) is 88.5 cm³/mol. The van der Waals surface area contributed by atoms with Crippen LogP contribution in [0.2, 0.25) is 0 Å². The minimum absolute atomic E-state index is 0.0926. The molecule has 2 aliphatic heterocycles. The van der Waals surface area contributed by atoms with Crippen LogP contribution in [0.15, 0.2) is 0 Å². The number of nitrogens with zero attached hydrogens (tertiary/aromatic N) is 2. The number of ether oxygens (including phenoxy) is 2. The highest BCUT2D eigenvalue weighted by atomic mass is 16.5. The molecule has 0 aromatic heterocycles. The van der Waals surface area contributed by atoms with Crippen molar-refractivity contribution < 1.29 is 14.3 Å². The van der Waals surface area contributed by atoms with E-state index in [9.17, 15) is 4.79 Å². The van der Waals surface area contributed by atoms with Crippen LogP contribution in [0.4, 0.5) is 4.79 Å². The number of nitrogens with one attached hydrogen (secondary N) is 1. The summed E-state index contributed by atoms with van der Waals surface area (Å²) < 4.78 is 10.8. The first-order chi connectivity index (χ1) is 11.1. The van der Waals surface area contributed by atoms with Gasteiger partial charge in [0, 0.05) is 51.3 Å². The third kappa shape index (κ3) is 3.80. The Kier molecular flexibility index (Phi) is 5.44. The van der Waals surface area contributed by atoms with Crippen molar-refractivity contribution in [3.8, 4) is 0 Å². The van der Waals surface area contributed by atoms with E-state index in [-0.39, 0.29) is 11.4 Å². The van der Waals surface area contributed by atoms with Gasteiger partial charge >= 0.3 is 6.03 Å². The number of morpholine rings is 1. The van der Waals surface area contributed by atoms with Crippen molar-refractivity contribution in [2.75, 3.05) is 59.7 Å². The lowest BCUT2D eigenvalue weighted by Gasteiger charge is -2.41. The molecule has 3 rings (SSSR count). The fraction of sp³-hybridized carbons (Fsp3) is 0.941. The van der Waals surface area contributed by atoms with Crippen molar-refractivity contribution >= 4 is 6.03 Å². The molecule has 6 heteroatoms. The third-order valence-electron chi connectivity index (χ3n) is 5.85. The maximum Gasteiger partial charge on any atom is 0.317 e. The molecule has 6 nitrogen and oxygen atoms in total. The Morgan fingerprint density at radius 1 is 1.30 bits per heavy atom. The van der Waals surface area contributed by atoms with Crippen molar-refractivity contribution in [3.63, 3.8) is 0 Å². The number of carbonyl (C=O) groups excluding carboxylic acids is 1. The number of likely N-dealkylation sites (tertiary alicyclic amines) is 1. The van der Waals surface area contributed by atoms with Crippen molar-refractivity contribution in [1.29, 1.82) is 0 Å². The van der Waals surface area contributed by atoms with Gasteiger partial charge in [0.05, 0.1) is 19.8 Å². The molecule has 2 saturated heterocycles. The minimum Gasteiger partial charge on any atom is -0.384 e. The second kappa shape index (κ2) is 7.36. The summed E-state index contributed by atoms with van der Waals surface area (Å²) in [4.78, 5) is 17.0. The molecular weight excluding hydrogens is 294 g/mol. The largest absolute Gasteiger partial charge is 0.384 e. The van der Waals surface area contributed by atoms with Crippen LogP contribution in [-0.4, -0.2) is 81.5 Å². The van der Waals surface area contributed by atoms with Gasteiger partial charge in [0.25, 0.3) is 0 Å². The molecule has 0 aromatic carbocycles. The maximum atomic E-state index is 12.5. The average Bonchev–Trinajstić information content (AvgIpc) is 2.92. The van der Waals surface area contributed by atoms with Crippen LogP contribution >= 0.6 is 0 Å². The molecule has 3 aliphatic rings. The zero-order chi connectivity index (χ0) is 16.3. The van der Waals surface area contributed by atoms with Crippen molar-refractivity contribution in [2.45, 2.75) is 32.2 Å². The molecule has 3 fully saturated rings. The van der Waals surface area contributed by atoms with Gasteiger partial charge in [-0.25, -0.2) is 4.79 Å². The van der Waals surface area contributed by atoms with Crippen LogP contribution in [0.3, 0.4) is 0 Å². The van der Waals surface area contributed by atoms with Crippen LogP contribution in [0.5, 0.6) is 0 Å². The van der Waals surface area contributed by atoms with Gasteiger partial charge in [-0.2, -0.15) is 0 Å². The first kappa shape index (κ1) is 17.0. The van der Waals surface area contributed by atoms with Gasteiger partial charge in [-0.15, -0.1) is 0 Å². The van der Waals surface area contributed by atoms with Crippen LogP contribution < -0.4 is 5.32 Å². The van der Waals surface area contributed by atoms with E-state index in [1.165, 1.54) is 6.42 Å². The number of carbonyl (C=O) groups is 1. The smallest absolute Gasteiger partial charge is 0.317 e. The van der Waals surface area contributed by atoms with Crippen LogP contribution in [0, 0.1) is 11.3 Å². The summed E-state index contributed by atoms with van der Waals surface area (Å²) in [5.41, 5.74) is 0.180. The lowest BCUT2D eigenvalue weighted by Crippen LogP contribution is -2.50. The van der Waals surface area contributed by atoms with E-state index in [1.54, 1.807) is 7.11 Å². The number of hydrogen-bond acceptors (Lipinski definition) is 4. The molecule has 23 heavy (non-hydrogen) atoms. The number of urea groups is 1. The Morgan fingerprint density at radius 2 is 2.04 bits per heavy atom. The fourth-order valence-corrected chi connectivity index (χ4v) is 4.23. The summed E-state index contributed by atoms with van der Waals surface area (Å²) in [6, 6.07) is 0.566. The lowest BCUT2D eigenvalue weighted by molar-refractivity contribution is 0.0119. The van der Waals surface area contributed by atoms with E-state index in [0.717, 1.165) is 65.4 Å². The molecule has 1 saturated carbocycles. The average molecular weight is 325 g/mol. The highest BCUT2D eigenvalue weighted by Gasteiger charge is 2.39. The highest BCUT2D eigenvalue weighted by Crippen LogP contribution is 2.40. The zero-order valence-electron chi connectivity index (χ0n) is 14.6. The number of rotatable bonds is 5. The normalized spacial score (nSPS) is 31.0. The summed E-state index contributed by atoms with van der Waals surface area (Å²) in [7, 11) is 1.75. The van der Waals surface area contributed by atoms with E-state index < -0.39 is 0 Å². The first-order valence-corrected chi connectivity index (χ1v) is 8.97. The second-order valence-electron chi connectivity index (χ2n) is 7.54. The van der Waals surface area contributed by atoms with Crippen LogP contribution in [0.1, 0.15) is 26.2 Å². The van der Waals surface area contributed by atoms with E-state index >= 15 is 0 Å². The lowest BCUT2D eigenvalue weighted by atomic mass is 9.69. The molecule has 0 unspecified atom stereocenters. The fourth-order valence-electron chi connectivity index (χ4n) is 4.23. The minimum atomic E-state index is 0.0926. The third-order valence-corrected chi connectivity index (χ3v) is 5.85. The Morgan fingerprint density at radius 3 is 2.65 bits per heavy atom. The topological polar surface area (TPSA) is 54.0 Å². The quantitative estimate of drug-likeness (QED) is 0.824. The SMILES string of the molecule is COCC1(CNC(=O)N2C[C@@H](C)[C@H](N3CCOCC3)C2)CCC1. The van der Waals surface area contributed by atoms with Gasteiger partial charge in [0.15, 0.2) is 0 Å². The number of hydrogen-bond donors (Lipinski definition) is 1. The summed E-state index contributed by atoms with van der Waals surface area (Å²) >= 11 is 0.